The Bertz CT molecular complexity index is 155. The fourth-order valence-corrected chi connectivity index (χ4v) is 2.75. The topological polar surface area (TPSA) is 15.3 Å². The highest BCUT2D eigenvalue weighted by molar-refractivity contribution is 7.98. The molecule has 0 aromatic carbocycles. The van der Waals surface area contributed by atoms with E-state index in [9.17, 15) is 0 Å². The van der Waals surface area contributed by atoms with Gasteiger partial charge in [-0.15, -0.1) is 0 Å². The van der Waals surface area contributed by atoms with Crippen LogP contribution in [0.1, 0.15) is 26.2 Å². The molecule has 0 saturated carbocycles. The van der Waals surface area contributed by atoms with Crippen molar-refractivity contribution in [1.82, 2.24) is 10.2 Å². The van der Waals surface area contributed by atoms with Gasteiger partial charge in [0.1, 0.15) is 0 Å². The van der Waals surface area contributed by atoms with E-state index < -0.39 is 0 Å². The van der Waals surface area contributed by atoms with Crippen LogP contribution in [0, 0.1) is 0 Å². The number of thioether (sulfide) groups is 1. The van der Waals surface area contributed by atoms with Crippen LogP contribution in [0.5, 0.6) is 0 Å². The average molecular weight is 216 g/mol. The van der Waals surface area contributed by atoms with E-state index in [2.05, 4.69) is 30.4 Å². The van der Waals surface area contributed by atoms with Gasteiger partial charge in [-0.2, -0.15) is 11.8 Å². The first kappa shape index (κ1) is 12.3. The average Bonchev–Trinajstić information content (AvgIpc) is 2.64. The fraction of sp³-hybridized carbons (Fsp3) is 1.00. The Morgan fingerprint density at radius 3 is 2.79 bits per heavy atom. The summed E-state index contributed by atoms with van der Waals surface area (Å²) in [7, 11) is 2.24. The molecule has 1 atom stereocenters. The summed E-state index contributed by atoms with van der Waals surface area (Å²) in [5.41, 5.74) is 0.424. The van der Waals surface area contributed by atoms with Crippen LogP contribution in [-0.2, 0) is 0 Å². The van der Waals surface area contributed by atoms with Gasteiger partial charge < -0.3 is 10.2 Å². The van der Waals surface area contributed by atoms with Crippen LogP contribution in [0.3, 0.4) is 0 Å². The van der Waals surface area contributed by atoms with Crippen molar-refractivity contribution >= 4 is 11.8 Å². The molecule has 1 aliphatic rings. The summed E-state index contributed by atoms with van der Waals surface area (Å²) < 4.78 is 0. The van der Waals surface area contributed by atoms with Crippen LogP contribution in [-0.4, -0.2) is 49.1 Å². The summed E-state index contributed by atoms with van der Waals surface area (Å²) in [6.45, 7) is 5.94. The molecule has 3 heteroatoms. The highest BCUT2D eigenvalue weighted by Crippen LogP contribution is 2.23. The third kappa shape index (κ3) is 3.44. The van der Waals surface area contributed by atoms with E-state index >= 15 is 0 Å². The Morgan fingerprint density at radius 1 is 1.50 bits per heavy atom. The monoisotopic (exact) mass is 216 g/mol. The van der Waals surface area contributed by atoms with E-state index in [1.165, 1.54) is 44.6 Å². The molecule has 0 spiro atoms. The smallest absolute Gasteiger partial charge is 0.0306 e. The Kier molecular flexibility index (Phi) is 5.28. The standard InChI is InChI=1S/C11H24N2S/c1-4-11(6-5-7-12-11)10-13(2)8-9-14-3/h12H,4-10H2,1-3H3. The quantitative estimate of drug-likeness (QED) is 0.729. The predicted octanol–water partition coefficient (Wildman–Crippen LogP) is 1.81. The van der Waals surface area contributed by atoms with Crippen LogP contribution < -0.4 is 5.32 Å². The van der Waals surface area contributed by atoms with Crippen molar-refractivity contribution in [2.75, 3.05) is 38.7 Å². The van der Waals surface area contributed by atoms with Crippen molar-refractivity contribution in [2.24, 2.45) is 0 Å². The normalized spacial score (nSPS) is 27.4. The van der Waals surface area contributed by atoms with Crippen molar-refractivity contribution in [1.29, 1.82) is 0 Å². The minimum Gasteiger partial charge on any atom is -0.310 e. The zero-order chi connectivity index (χ0) is 10.4. The Labute approximate surface area is 92.8 Å². The number of hydrogen-bond acceptors (Lipinski definition) is 3. The molecule has 0 bridgehead atoms. The molecule has 1 aliphatic heterocycles. The van der Waals surface area contributed by atoms with Gasteiger partial charge >= 0.3 is 0 Å². The zero-order valence-corrected chi connectivity index (χ0v) is 10.6. The van der Waals surface area contributed by atoms with E-state index in [0.717, 1.165) is 0 Å². The van der Waals surface area contributed by atoms with E-state index in [1.807, 2.05) is 11.8 Å². The molecule has 84 valence electrons. The first-order valence-electron chi connectivity index (χ1n) is 5.65. The van der Waals surface area contributed by atoms with Gasteiger partial charge in [-0.25, -0.2) is 0 Å². The fourth-order valence-electron chi connectivity index (χ4n) is 2.26. The highest BCUT2D eigenvalue weighted by Gasteiger charge is 2.32. The minimum atomic E-state index is 0.424. The lowest BCUT2D eigenvalue weighted by atomic mass is 9.94. The van der Waals surface area contributed by atoms with Gasteiger partial charge in [-0.1, -0.05) is 6.92 Å². The largest absolute Gasteiger partial charge is 0.310 e. The molecular formula is C11H24N2S. The molecule has 2 nitrogen and oxygen atoms in total. The molecule has 1 heterocycles. The minimum absolute atomic E-state index is 0.424. The van der Waals surface area contributed by atoms with Gasteiger partial charge in [0.15, 0.2) is 0 Å². The van der Waals surface area contributed by atoms with Crippen LogP contribution in [0.15, 0.2) is 0 Å². The number of nitrogens with zero attached hydrogens (tertiary/aromatic N) is 1. The molecule has 1 fully saturated rings. The molecule has 1 rings (SSSR count). The van der Waals surface area contributed by atoms with Gasteiger partial charge in [0, 0.05) is 24.4 Å². The number of likely N-dealkylation sites (N-methyl/N-ethyl adjacent to an activating group) is 1. The summed E-state index contributed by atoms with van der Waals surface area (Å²) in [6, 6.07) is 0. The molecule has 0 amide bonds. The number of hydrogen-bond donors (Lipinski definition) is 1. The Morgan fingerprint density at radius 2 is 2.29 bits per heavy atom. The van der Waals surface area contributed by atoms with E-state index in [-0.39, 0.29) is 0 Å². The zero-order valence-electron chi connectivity index (χ0n) is 9.81. The summed E-state index contributed by atoms with van der Waals surface area (Å²) in [4.78, 5) is 2.47. The molecule has 1 N–H and O–H groups in total. The van der Waals surface area contributed by atoms with E-state index in [0.29, 0.717) is 5.54 Å². The van der Waals surface area contributed by atoms with Crippen LogP contribution in [0.4, 0.5) is 0 Å². The predicted molar refractivity (Wildman–Crippen MR) is 66.1 cm³/mol. The van der Waals surface area contributed by atoms with E-state index in [1.54, 1.807) is 0 Å². The lowest BCUT2D eigenvalue weighted by Gasteiger charge is -2.33. The molecule has 1 saturated heterocycles. The maximum absolute atomic E-state index is 3.68. The van der Waals surface area contributed by atoms with Crippen molar-refractivity contribution in [3.05, 3.63) is 0 Å². The summed E-state index contributed by atoms with van der Waals surface area (Å²) in [5, 5.41) is 3.68. The molecule has 0 radical (unpaired) electrons. The third-order valence-electron chi connectivity index (χ3n) is 3.26. The second-order valence-corrected chi connectivity index (χ2v) is 5.38. The highest BCUT2D eigenvalue weighted by atomic mass is 32.2. The molecule has 1 unspecified atom stereocenters. The molecule has 14 heavy (non-hydrogen) atoms. The van der Waals surface area contributed by atoms with Crippen LogP contribution in [0.2, 0.25) is 0 Å². The maximum atomic E-state index is 3.68. The lowest BCUT2D eigenvalue weighted by molar-refractivity contribution is 0.228. The molecule has 0 aromatic rings. The second-order valence-electron chi connectivity index (χ2n) is 4.39. The first-order valence-corrected chi connectivity index (χ1v) is 7.04. The lowest BCUT2D eigenvalue weighted by Crippen LogP contribution is -2.48. The van der Waals surface area contributed by atoms with Crippen molar-refractivity contribution in [2.45, 2.75) is 31.7 Å². The number of rotatable bonds is 6. The third-order valence-corrected chi connectivity index (χ3v) is 3.85. The summed E-state index contributed by atoms with van der Waals surface area (Å²) in [6.07, 6.45) is 6.14. The number of nitrogens with one attached hydrogen (secondary N) is 1. The van der Waals surface area contributed by atoms with Crippen LogP contribution >= 0.6 is 11.8 Å². The van der Waals surface area contributed by atoms with Gasteiger partial charge in [0.05, 0.1) is 0 Å². The first-order chi connectivity index (χ1) is 6.72. The van der Waals surface area contributed by atoms with Gasteiger partial charge in [0.25, 0.3) is 0 Å². The Balaban J connectivity index is 2.32. The second kappa shape index (κ2) is 5.99. The molecular weight excluding hydrogens is 192 g/mol. The van der Waals surface area contributed by atoms with Crippen LogP contribution in [0.25, 0.3) is 0 Å². The molecule has 0 aliphatic carbocycles. The van der Waals surface area contributed by atoms with Gasteiger partial charge in [0.2, 0.25) is 0 Å². The SMILES string of the molecule is CCC1(CN(C)CCSC)CCCN1. The Hall–Kier alpha value is 0.270. The molecule has 0 aromatic heterocycles. The summed E-state index contributed by atoms with van der Waals surface area (Å²) in [5.74, 6) is 1.25. The van der Waals surface area contributed by atoms with Gasteiger partial charge in [-0.05, 0) is 39.1 Å². The summed E-state index contributed by atoms with van der Waals surface area (Å²) >= 11 is 1.93. The van der Waals surface area contributed by atoms with Crippen molar-refractivity contribution < 1.29 is 0 Å². The van der Waals surface area contributed by atoms with E-state index in [4.69, 9.17) is 0 Å². The van der Waals surface area contributed by atoms with Crippen molar-refractivity contribution in [3.63, 3.8) is 0 Å². The van der Waals surface area contributed by atoms with Crippen molar-refractivity contribution in [3.8, 4) is 0 Å². The maximum Gasteiger partial charge on any atom is 0.0306 e. The van der Waals surface area contributed by atoms with Gasteiger partial charge in [-0.3, -0.25) is 0 Å².